The highest BCUT2D eigenvalue weighted by Gasteiger charge is 2.61. The van der Waals surface area contributed by atoms with Gasteiger partial charge in [-0.05, 0) is 29.5 Å². The maximum atomic E-state index is 11.9. The molecule has 3 aliphatic carbocycles. The van der Waals surface area contributed by atoms with Gasteiger partial charge in [0.1, 0.15) is 6.10 Å². The third kappa shape index (κ3) is 3.18. The number of hydrogen-bond donors (Lipinski definition) is 0. The molecule has 3 aliphatic rings. The van der Waals surface area contributed by atoms with Gasteiger partial charge >= 0.3 is 11.9 Å². The predicted molar refractivity (Wildman–Crippen MR) is 99.8 cm³/mol. The lowest BCUT2D eigenvalue weighted by Gasteiger charge is -2.39. The summed E-state index contributed by atoms with van der Waals surface area (Å²) < 4.78 is 18.1. The van der Waals surface area contributed by atoms with Gasteiger partial charge in [0.2, 0.25) is 0 Å². The van der Waals surface area contributed by atoms with Crippen LogP contribution in [0.25, 0.3) is 6.08 Å². The van der Waals surface area contributed by atoms with E-state index in [0.29, 0.717) is 6.42 Å². The van der Waals surface area contributed by atoms with Crippen molar-refractivity contribution in [3.8, 4) is 0 Å². The van der Waals surface area contributed by atoms with Crippen LogP contribution < -0.4 is 0 Å². The van der Waals surface area contributed by atoms with Crippen LogP contribution in [0.1, 0.15) is 63.5 Å². The van der Waals surface area contributed by atoms with Gasteiger partial charge in [0.15, 0.2) is 11.7 Å². The standard InChI is InChI=1S/C22H26O5/c1-14(23)25-20-13-17-12-16-8-6-7-11-19(16)22(17,21(20)26-15(2)24)27-18-9-4-3-5-10-18/h6-8,11-12,18,20-21H,3-5,9-10,13H2,1-2H3/t20-,21-,22+/m0/s1. The molecule has 5 nitrogen and oxygen atoms in total. The van der Waals surface area contributed by atoms with Crippen LogP contribution in [0.2, 0.25) is 0 Å². The molecule has 2 saturated carbocycles. The number of carbonyl (C=O) groups is 2. The Morgan fingerprint density at radius 1 is 1.00 bits per heavy atom. The second-order valence-electron chi connectivity index (χ2n) is 7.75. The number of benzene rings is 1. The Balaban J connectivity index is 1.78. The molecule has 0 spiro atoms. The van der Waals surface area contributed by atoms with Gasteiger partial charge in [-0.15, -0.1) is 0 Å². The van der Waals surface area contributed by atoms with Crippen LogP contribution >= 0.6 is 0 Å². The molecule has 0 bridgehead atoms. The summed E-state index contributed by atoms with van der Waals surface area (Å²) in [6, 6.07) is 8.06. The number of fused-ring (bicyclic) bond motifs is 3. The molecule has 0 heterocycles. The second kappa shape index (κ2) is 7.12. The zero-order valence-corrected chi connectivity index (χ0v) is 15.9. The van der Waals surface area contributed by atoms with Crippen molar-refractivity contribution in [3.05, 3.63) is 41.0 Å². The molecule has 0 N–H and O–H groups in total. The van der Waals surface area contributed by atoms with Crippen LogP contribution in [0.4, 0.5) is 0 Å². The zero-order valence-electron chi connectivity index (χ0n) is 15.9. The van der Waals surface area contributed by atoms with Gasteiger partial charge in [-0.3, -0.25) is 9.59 Å². The van der Waals surface area contributed by atoms with Gasteiger partial charge in [-0.25, -0.2) is 0 Å². The van der Waals surface area contributed by atoms with Gasteiger partial charge in [0, 0.05) is 20.3 Å². The normalized spacial score (nSPS) is 29.6. The fourth-order valence-corrected chi connectivity index (χ4v) is 4.87. The van der Waals surface area contributed by atoms with Crippen LogP contribution in [-0.4, -0.2) is 30.3 Å². The van der Waals surface area contributed by atoms with Gasteiger partial charge in [-0.2, -0.15) is 0 Å². The summed E-state index contributed by atoms with van der Waals surface area (Å²) in [5, 5.41) is 0. The summed E-state index contributed by atoms with van der Waals surface area (Å²) in [6.45, 7) is 2.78. The third-order valence-corrected chi connectivity index (χ3v) is 5.84. The molecule has 0 radical (unpaired) electrons. The molecule has 0 aliphatic heterocycles. The van der Waals surface area contributed by atoms with E-state index in [1.807, 2.05) is 18.2 Å². The van der Waals surface area contributed by atoms with Gasteiger partial charge < -0.3 is 14.2 Å². The van der Waals surface area contributed by atoms with Crippen molar-refractivity contribution >= 4 is 18.0 Å². The summed E-state index contributed by atoms with van der Waals surface area (Å²) in [4.78, 5) is 23.6. The average Bonchev–Trinajstić information content (AvgIpc) is 3.07. The SMILES string of the molecule is CC(=O)O[C@H]1CC2=Cc3ccccc3[C@@]2(OC2CCCCC2)[C@H]1OC(C)=O. The zero-order chi connectivity index (χ0) is 19.0. The van der Waals surface area contributed by atoms with E-state index in [-0.39, 0.29) is 12.1 Å². The number of hydrogen-bond acceptors (Lipinski definition) is 5. The van der Waals surface area contributed by atoms with Gasteiger partial charge in [-0.1, -0.05) is 49.6 Å². The Bertz CT molecular complexity index is 777. The summed E-state index contributed by atoms with van der Waals surface area (Å²) in [6.07, 6.45) is 7.06. The number of carbonyl (C=O) groups excluding carboxylic acids is 2. The lowest BCUT2D eigenvalue weighted by Crippen LogP contribution is -2.48. The van der Waals surface area contributed by atoms with E-state index in [2.05, 4.69) is 12.1 Å². The molecule has 0 saturated heterocycles. The van der Waals surface area contributed by atoms with Crippen molar-refractivity contribution < 1.29 is 23.8 Å². The van der Waals surface area contributed by atoms with E-state index >= 15 is 0 Å². The smallest absolute Gasteiger partial charge is 0.303 e. The maximum absolute atomic E-state index is 11.9. The quantitative estimate of drug-likeness (QED) is 0.753. The summed E-state index contributed by atoms with van der Waals surface area (Å²) >= 11 is 0. The Morgan fingerprint density at radius 2 is 1.70 bits per heavy atom. The Morgan fingerprint density at radius 3 is 2.41 bits per heavy atom. The van der Waals surface area contributed by atoms with E-state index in [4.69, 9.17) is 14.2 Å². The predicted octanol–water partition coefficient (Wildman–Crippen LogP) is 3.90. The van der Waals surface area contributed by atoms with Crippen molar-refractivity contribution in [1.29, 1.82) is 0 Å². The highest BCUT2D eigenvalue weighted by atomic mass is 16.6. The van der Waals surface area contributed by atoms with Crippen molar-refractivity contribution in [2.75, 3.05) is 0 Å². The highest BCUT2D eigenvalue weighted by Crippen LogP contribution is 2.55. The Kier molecular flexibility index (Phi) is 4.81. The lowest BCUT2D eigenvalue weighted by atomic mass is 9.87. The summed E-state index contributed by atoms with van der Waals surface area (Å²) in [5.74, 6) is -0.770. The average molecular weight is 370 g/mol. The molecule has 4 rings (SSSR count). The number of rotatable bonds is 4. The molecule has 3 atom stereocenters. The molecule has 5 heteroatoms. The first kappa shape index (κ1) is 18.2. The third-order valence-electron chi connectivity index (χ3n) is 5.84. The van der Waals surface area contributed by atoms with Crippen LogP contribution in [-0.2, 0) is 29.4 Å². The molecule has 144 valence electrons. The molecule has 0 unspecified atom stereocenters. The lowest BCUT2D eigenvalue weighted by molar-refractivity contribution is -0.193. The molecule has 1 aromatic carbocycles. The fourth-order valence-electron chi connectivity index (χ4n) is 4.87. The minimum absolute atomic E-state index is 0.113. The molecular weight excluding hydrogens is 344 g/mol. The minimum Gasteiger partial charge on any atom is -0.458 e. The molecule has 2 fully saturated rings. The molecule has 1 aromatic rings. The molecular formula is C22H26O5. The summed E-state index contributed by atoms with van der Waals surface area (Å²) in [5.41, 5.74) is 2.27. The maximum Gasteiger partial charge on any atom is 0.303 e. The first-order chi connectivity index (χ1) is 13.0. The topological polar surface area (TPSA) is 61.8 Å². The molecule has 0 aromatic heterocycles. The van der Waals surface area contributed by atoms with Crippen molar-refractivity contribution in [1.82, 2.24) is 0 Å². The van der Waals surface area contributed by atoms with E-state index < -0.39 is 23.8 Å². The second-order valence-corrected chi connectivity index (χ2v) is 7.75. The van der Waals surface area contributed by atoms with Crippen LogP contribution in [0, 0.1) is 0 Å². The Labute approximate surface area is 159 Å². The largest absolute Gasteiger partial charge is 0.458 e. The van der Waals surface area contributed by atoms with E-state index in [9.17, 15) is 9.59 Å². The monoisotopic (exact) mass is 370 g/mol. The van der Waals surface area contributed by atoms with Crippen LogP contribution in [0.5, 0.6) is 0 Å². The first-order valence-electron chi connectivity index (χ1n) is 9.83. The minimum atomic E-state index is -0.857. The van der Waals surface area contributed by atoms with E-state index in [0.717, 1.165) is 42.4 Å². The number of ether oxygens (including phenoxy) is 3. The Hall–Kier alpha value is -2.14. The van der Waals surface area contributed by atoms with Crippen molar-refractivity contribution in [3.63, 3.8) is 0 Å². The fraction of sp³-hybridized carbons (Fsp3) is 0.545. The van der Waals surface area contributed by atoms with Crippen molar-refractivity contribution in [2.24, 2.45) is 0 Å². The van der Waals surface area contributed by atoms with E-state index in [1.54, 1.807) is 0 Å². The summed E-state index contributed by atoms with van der Waals surface area (Å²) in [7, 11) is 0. The molecule has 0 amide bonds. The van der Waals surface area contributed by atoms with Gasteiger partial charge in [0.05, 0.1) is 6.10 Å². The van der Waals surface area contributed by atoms with Crippen molar-refractivity contribution in [2.45, 2.75) is 76.3 Å². The van der Waals surface area contributed by atoms with E-state index in [1.165, 1.54) is 20.3 Å². The highest BCUT2D eigenvalue weighted by molar-refractivity contribution is 5.73. The molecule has 27 heavy (non-hydrogen) atoms. The first-order valence-corrected chi connectivity index (χ1v) is 9.83. The number of esters is 2. The van der Waals surface area contributed by atoms with Crippen LogP contribution in [0.3, 0.4) is 0 Å². The van der Waals surface area contributed by atoms with Gasteiger partial charge in [0.25, 0.3) is 0 Å². The van der Waals surface area contributed by atoms with Crippen LogP contribution in [0.15, 0.2) is 29.8 Å².